The minimum atomic E-state index is -1.05. The molecule has 0 radical (unpaired) electrons. The van der Waals surface area contributed by atoms with Gasteiger partial charge in [-0.3, -0.25) is 4.79 Å². The Labute approximate surface area is 137 Å². The fourth-order valence-corrected chi connectivity index (χ4v) is 3.06. The summed E-state index contributed by atoms with van der Waals surface area (Å²) in [5.74, 6) is 0.620. The molecule has 0 spiro atoms. The molecule has 7 heteroatoms. The molecule has 3 rings (SSSR count). The van der Waals surface area contributed by atoms with E-state index in [0.29, 0.717) is 18.5 Å². The lowest BCUT2D eigenvalue weighted by atomic mass is 10.1. The second-order valence-electron chi connectivity index (χ2n) is 5.59. The van der Waals surface area contributed by atoms with Crippen LogP contribution in [0.4, 0.5) is 0 Å². The van der Waals surface area contributed by atoms with Gasteiger partial charge in [-0.05, 0) is 30.5 Å². The predicted octanol–water partition coefficient (Wildman–Crippen LogP) is 1.98. The van der Waals surface area contributed by atoms with Crippen LogP contribution in [-0.4, -0.2) is 32.5 Å². The number of fused-ring (bicyclic) bond motifs is 1. The van der Waals surface area contributed by atoms with Gasteiger partial charge < -0.3 is 15.4 Å². The Hall–Kier alpha value is -2.25. The summed E-state index contributed by atoms with van der Waals surface area (Å²) in [5.41, 5.74) is 0.472. The Morgan fingerprint density at radius 3 is 3.04 bits per heavy atom. The van der Waals surface area contributed by atoms with Crippen LogP contribution in [0.5, 0.6) is 0 Å². The summed E-state index contributed by atoms with van der Waals surface area (Å²) in [6.07, 6.45) is 2.50. The van der Waals surface area contributed by atoms with Crippen LogP contribution in [0.3, 0.4) is 0 Å². The fourth-order valence-electron chi connectivity index (χ4n) is 2.28. The second kappa shape index (κ2) is 6.47. The van der Waals surface area contributed by atoms with Gasteiger partial charge in [-0.25, -0.2) is 9.97 Å². The number of imidazole rings is 1. The van der Waals surface area contributed by atoms with Gasteiger partial charge in [0.15, 0.2) is 5.65 Å². The van der Waals surface area contributed by atoms with Crippen molar-refractivity contribution in [3.63, 3.8) is 0 Å². The number of carbonyl (C=O) groups is 1. The molecule has 23 heavy (non-hydrogen) atoms. The maximum atomic E-state index is 12.0. The number of rotatable bonds is 6. The lowest BCUT2D eigenvalue weighted by Gasteiger charge is -2.22. The molecule has 3 aromatic rings. The minimum absolute atomic E-state index is 0.116. The quantitative estimate of drug-likeness (QED) is 0.644. The summed E-state index contributed by atoms with van der Waals surface area (Å²) in [4.78, 5) is 24.4. The molecule has 0 fully saturated rings. The normalized spacial score (nSPS) is 13.8. The third-order valence-corrected chi connectivity index (χ3v) is 4.70. The summed E-state index contributed by atoms with van der Waals surface area (Å²) < 4.78 is 0. The average Bonchev–Trinajstić information content (AvgIpc) is 3.20. The largest absolute Gasteiger partial charge is 0.383 e. The first-order valence-electron chi connectivity index (χ1n) is 7.37. The molecule has 3 aromatic heterocycles. The van der Waals surface area contributed by atoms with Crippen LogP contribution in [0.1, 0.15) is 24.0 Å². The van der Waals surface area contributed by atoms with Crippen LogP contribution in [0.15, 0.2) is 35.8 Å². The van der Waals surface area contributed by atoms with Crippen molar-refractivity contribution in [2.24, 2.45) is 0 Å². The van der Waals surface area contributed by atoms with E-state index in [1.807, 2.05) is 29.6 Å². The van der Waals surface area contributed by atoms with Crippen molar-refractivity contribution < 1.29 is 9.90 Å². The molecule has 1 atom stereocenters. The van der Waals surface area contributed by atoms with E-state index in [-0.39, 0.29) is 12.5 Å². The zero-order valence-electron chi connectivity index (χ0n) is 12.7. The van der Waals surface area contributed by atoms with Gasteiger partial charge in [-0.2, -0.15) is 0 Å². The number of aromatic amines is 1. The van der Waals surface area contributed by atoms with Gasteiger partial charge in [0.2, 0.25) is 5.91 Å². The molecule has 0 aliphatic rings. The molecule has 0 saturated heterocycles. The van der Waals surface area contributed by atoms with E-state index in [1.165, 1.54) is 11.3 Å². The number of hydrogen-bond acceptors (Lipinski definition) is 5. The molecule has 0 bridgehead atoms. The Bertz CT molecular complexity index is 762. The van der Waals surface area contributed by atoms with Gasteiger partial charge in [-0.1, -0.05) is 6.07 Å². The topological polar surface area (TPSA) is 90.9 Å². The Kier molecular flexibility index (Phi) is 4.40. The predicted molar refractivity (Wildman–Crippen MR) is 89.1 cm³/mol. The molecule has 0 saturated carbocycles. The molecule has 1 amide bonds. The highest BCUT2D eigenvalue weighted by Gasteiger charge is 2.24. The van der Waals surface area contributed by atoms with Crippen molar-refractivity contribution in [2.45, 2.75) is 25.4 Å². The zero-order chi connectivity index (χ0) is 16.3. The van der Waals surface area contributed by atoms with E-state index in [1.54, 1.807) is 13.1 Å². The maximum absolute atomic E-state index is 12.0. The molecule has 0 aliphatic carbocycles. The maximum Gasteiger partial charge on any atom is 0.220 e. The van der Waals surface area contributed by atoms with Gasteiger partial charge in [0.25, 0.3) is 0 Å². The Morgan fingerprint density at radius 2 is 2.30 bits per heavy atom. The first-order chi connectivity index (χ1) is 11.0. The number of thiophene rings is 1. The van der Waals surface area contributed by atoms with Crippen molar-refractivity contribution >= 4 is 28.4 Å². The highest BCUT2D eigenvalue weighted by Crippen LogP contribution is 2.24. The van der Waals surface area contributed by atoms with E-state index in [2.05, 4.69) is 20.3 Å². The van der Waals surface area contributed by atoms with Crippen molar-refractivity contribution in [1.82, 2.24) is 20.3 Å². The first kappa shape index (κ1) is 15.6. The number of amides is 1. The van der Waals surface area contributed by atoms with Crippen LogP contribution >= 0.6 is 11.3 Å². The van der Waals surface area contributed by atoms with Crippen molar-refractivity contribution in [2.75, 3.05) is 6.54 Å². The van der Waals surface area contributed by atoms with E-state index in [0.717, 1.165) is 16.2 Å². The molecule has 1 unspecified atom stereocenters. The van der Waals surface area contributed by atoms with Gasteiger partial charge in [0.1, 0.15) is 11.4 Å². The minimum Gasteiger partial charge on any atom is -0.383 e. The summed E-state index contributed by atoms with van der Waals surface area (Å²) in [6, 6.07) is 7.48. The molecule has 0 aliphatic heterocycles. The number of aliphatic hydroxyl groups is 1. The summed E-state index contributed by atoms with van der Waals surface area (Å²) in [7, 11) is 0. The van der Waals surface area contributed by atoms with Gasteiger partial charge in [0, 0.05) is 23.9 Å². The summed E-state index contributed by atoms with van der Waals surface area (Å²) in [5, 5.41) is 15.1. The second-order valence-corrected chi connectivity index (χ2v) is 6.53. The van der Waals surface area contributed by atoms with Gasteiger partial charge in [-0.15, -0.1) is 11.3 Å². The molecule has 3 heterocycles. The molecule has 0 aromatic carbocycles. The number of aromatic nitrogens is 3. The lowest BCUT2D eigenvalue weighted by Crippen LogP contribution is -2.38. The highest BCUT2D eigenvalue weighted by molar-refractivity contribution is 7.10. The number of aryl methyl sites for hydroxylation is 1. The van der Waals surface area contributed by atoms with Crippen molar-refractivity contribution in [3.8, 4) is 0 Å². The number of carbonyl (C=O) groups excluding carboxylic acids is 1. The number of pyridine rings is 1. The zero-order valence-corrected chi connectivity index (χ0v) is 13.6. The molecule has 3 N–H and O–H groups in total. The highest BCUT2D eigenvalue weighted by atomic mass is 32.1. The number of hydrogen-bond donors (Lipinski definition) is 3. The SMILES string of the molecule is CC(O)(CNC(=O)CCc1nc2ncccc2[nH]1)c1cccs1. The Morgan fingerprint density at radius 1 is 1.43 bits per heavy atom. The molecule has 120 valence electrons. The van der Waals surface area contributed by atoms with E-state index < -0.39 is 5.60 Å². The van der Waals surface area contributed by atoms with E-state index >= 15 is 0 Å². The Balaban J connectivity index is 1.51. The molecular weight excluding hydrogens is 312 g/mol. The van der Waals surface area contributed by atoms with Crippen molar-refractivity contribution in [3.05, 3.63) is 46.5 Å². The van der Waals surface area contributed by atoms with E-state index in [4.69, 9.17) is 0 Å². The third kappa shape index (κ3) is 3.75. The molecular formula is C16H18N4O2S. The standard InChI is InChI=1S/C16H18N4O2S/c1-16(22,12-5-3-9-23-12)10-18-14(21)7-6-13-19-11-4-2-8-17-15(11)20-13/h2-5,8-9,22H,6-7,10H2,1H3,(H,18,21)(H,17,19,20). The summed E-state index contributed by atoms with van der Waals surface area (Å²) >= 11 is 1.47. The fraction of sp³-hybridized carbons (Fsp3) is 0.312. The van der Waals surface area contributed by atoms with Crippen LogP contribution in [-0.2, 0) is 16.8 Å². The number of H-pyrrole nitrogens is 1. The van der Waals surface area contributed by atoms with Crippen LogP contribution in [0.25, 0.3) is 11.2 Å². The summed E-state index contributed by atoms with van der Waals surface area (Å²) in [6.45, 7) is 1.89. The lowest BCUT2D eigenvalue weighted by molar-refractivity contribution is -0.122. The van der Waals surface area contributed by atoms with Gasteiger partial charge in [0.05, 0.1) is 12.1 Å². The van der Waals surface area contributed by atoms with Crippen LogP contribution in [0.2, 0.25) is 0 Å². The van der Waals surface area contributed by atoms with Gasteiger partial charge >= 0.3 is 0 Å². The average molecular weight is 330 g/mol. The third-order valence-electron chi connectivity index (χ3n) is 3.58. The number of nitrogens with zero attached hydrogens (tertiary/aromatic N) is 2. The molecule has 6 nitrogen and oxygen atoms in total. The smallest absolute Gasteiger partial charge is 0.220 e. The monoisotopic (exact) mass is 330 g/mol. The number of nitrogens with one attached hydrogen (secondary N) is 2. The van der Waals surface area contributed by atoms with Crippen molar-refractivity contribution in [1.29, 1.82) is 0 Å². The van der Waals surface area contributed by atoms with Crippen LogP contribution in [0, 0.1) is 0 Å². The van der Waals surface area contributed by atoms with Crippen LogP contribution < -0.4 is 5.32 Å². The van der Waals surface area contributed by atoms with E-state index in [9.17, 15) is 9.90 Å². The first-order valence-corrected chi connectivity index (χ1v) is 8.25.